The summed E-state index contributed by atoms with van der Waals surface area (Å²) in [6.45, 7) is 10.4. The Morgan fingerprint density at radius 2 is 1.70 bits per heavy atom. The largest absolute Gasteiger partial charge is 0.444 e. The Hall–Kier alpha value is -0.810. The van der Waals surface area contributed by atoms with Crippen molar-refractivity contribution in [2.75, 3.05) is 20.1 Å². The summed E-state index contributed by atoms with van der Waals surface area (Å²) < 4.78 is 5.34. The first-order valence-corrected chi connectivity index (χ1v) is 9.17. The molecule has 0 radical (unpaired) electrons. The van der Waals surface area contributed by atoms with E-state index >= 15 is 0 Å². The van der Waals surface area contributed by atoms with Crippen LogP contribution >= 0.6 is 0 Å². The minimum Gasteiger partial charge on any atom is -0.444 e. The van der Waals surface area contributed by atoms with Gasteiger partial charge >= 0.3 is 6.09 Å². The molecule has 23 heavy (non-hydrogen) atoms. The zero-order valence-corrected chi connectivity index (χ0v) is 15.5. The third-order valence-electron chi connectivity index (χ3n) is 5.01. The van der Waals surface area contributed by atoms with Crippen LogP contribution in [0.4, 0.5) is 4.79 Å². The number of carbonyl (C=O) groups excluding carboxylic acids is 1. The maximum atomic E-state index is 11.8. The molecule has 0 aromatic carbocycles. The van der Waals surface area contributed by atoms with E-state index in [9.17, 15) is 4.79 Å². The van der Waals surface area contributed by atoms with E-state index in [0.29, 0.717) is 18.0 Å². The second-order valence-electron chi connectivity index (χ2n) is 8.50. The fraction of sp³-hybridized carbons (Fsp3) is 0.944. The van der Waals surface area contributed by atoms with Gasteiger partial charge in [-0.3, -0.25) is 0 Å². The molecule has 5 nitrogen and oxygen atoms in total. The summed E-state index contributed by atoms with van der Waals surface area (Å²) in [6, 6.07) is 1.51. The molecule has 134 valence electrons. The Labute approximate surface area is 141 Å². The lowest BCUT2D eigenvalue weighted by molar-refractivity contribution is 0.0487. The highest BCUT2D eigenvalue weighted by atomic mass is 16.6. The van der Waals surface area contributed by atoms with E-state index in [1.54, 1.807) is 0 Å². The van der Waals surface area contributed by atoms with Gasteiger partial charge in [0, 0.05) is 24.7 Å². The Bertz CT molecular complexity index is 386. The number of nitrogens with one attached hydrogen (secondary N) is 2. The average molecular weight is 325 g/mol. The van der Waals surface area contributed by atoms with Crippen molar-refractivity contribution in [1.29, 1.82) is 0 Å². The Morgan fingerprint density at radius 1 is 1.09 bits per heavy atom. The highest BCUT2D eigenvalue weighted by Crippen LogP contribution is 2.23. The van der Waals surface area contributed by atoms with Crippen LogP contribution in [0.5, 0.6) is 0 Å². The third-order valence-corrected chi connectivity index (χ3v) is 5.01. The summed E-state index contributed by atoms with van der Waals surface area (Å²) in [5.74, 6) is 0.714. The van der Waals surface area contributed by atoms with E-state index in [1.165, 1.54) is 19.5 Å². The van der Waals surface area contributed by atoms with Crippen molar-refractivity contribution in [3.05, 3.63) is 0 Å². The number of hydrogen-bond acceptors (Lipinski definition) is 4. The maximum absolute atomic E-state index is 11.8. The van der Waals surface area contributed by atoms with Gasteiger partial charge in [0.15, 0.2) is 0 Å². The van der Waals surface area contributed by atoms with E-state index in [4.69, 9.17) is 4.74 Å². The smallest absolute Gasteiger partial charge is 0.407 e. The van der Waals surface area contributed by atoms with Crippen molar-refractivity contribution >= 4 is 6.09 Å². The zero-order valence-electron chi connectivity index (χ0n) is 15.5. The van der Waals surface area contributed by atoms with E-state index in [0.717, 1.165) is 25.7 Å². The van der Waals surface area contributed by atoms with Crippen molar-refractivity contribution < 1.29 is 9.53 Å². The average Bonchev–Trinajstić information content (AvgIpc) is 2.42. The van der Waals surface area contributed by atoms with Gasteiger partial charge in [-0.15, -0.1) is 0 Å². The Morgan fingerprint density at radius 3 is 2.26 bits per heavy atom. The van der Waals surface area contributed by atoms with Gasteiger partial charge in [-0.1, -0.05) is 6.92 Å². The second-order valence-corrected chi connectivity index (χ2v) is 8.50. The zero-order chi connectivity index (χ0) is 17.0. The van der Waals surface area contributed by atoms with E-state index in [-0.39, 0.29) is 12.1 Å². The van der Waals surface area contributed by atoms with Crippen LogP contribution in [-0.2, 0) is 4.74 Å². The van der Waals surface area contributed by atoms with Crippen molar-refractivity contribution in [3.63, 3.8) is 0 Å². The molecule has 1 saturated carbocycles. The van der Waals surface area contributed by atoms with Crippen LogP contribution in [0.15, 0.2) is 0 Å². The fourth-order valence-electron chi connectivity index (χ4n) is 3.78. The van der Waals surface area contributed by atoms with Crippen molar-refractivity contribution in [2.24, 2.45) is 5.92 Å². The molecule has 1 saturated heterocycles. The molecule has 2 aliphatic rings. The number of nitrogens with zero attached hydrogens (tertiary/aromatic N) is 1. The molecule has 5 heteroatoms. The predicted octanol–water partition coefficient (Wildman–Crippen LogP) is 2.75. The van der Waals surface area contributed by atoms with Crippen LogP contribution in [0.25, 0.3) is 0 Å². The first-order valence-electron chi connectivity index (χ1n) is 9.17. The highest BCUT2D eigenvalue weighted by Gasteiger charge is 2.29. The fourth-order valence-corrected chi connectivity index (χ4v) is 3.78. The number of amides is 1. The van der Waals surface area contributed by atoms with Crippen LogP contribution in [0.2, 0.25) is 0 Å². The molecule has 2 N–H and O–H groups in total. The van der Waals surface area contributed by atoms with Gasteiger partial charge in [0.1, 0.15) is 5.60 Å². The highest BCUT2D eigenvalue weighted by molar-refractivity contribution is 5.68. The van der Waals surface area contributed by atoms with Crippen molar-refractivity contribution in [1.82, 2.24) is 15.5 Å². The Balaban J connectivity index is 1.69. The molecule has 2 unspecified atom stereocenters. The number of alkyl carbamates (subject to hydrolysis) is 1. The first kappa shape index (κ1) is 18.5. The lowest BCUT2D eigenvalue weighted by Crippen LogP contribution is -2.52. The summed E-state index contributed by atoms with van der Waals surface area (Å²) in [5.41, 5.74) is -0.423. The number of likely N-dealkylation sites (tertiary alicyclic amines) is 1. The molecular formula is C18H35N3O2. The molecule has 0 aromatic heterocycles. The van der Waals surface area contributed by atoms with Gasteiger partial charge in [-0.2, -0.15) is 0 Å². The lowest BCUT2D eigenvalue weighted by Gasteiger charge is -2.39. The number of piperidine rings is 1. The van der Waals surface area contributed by atoms with Crippen molar-refractivity contribution in [2.45, 2.75) is 83.5 Å². The third kappa shape index (κ3) is 6.30. The topological polar surface area (TPSA) is 53.6 Å². The summed E-state index contributed by atoms with van der Waals surface area (Å²) >= 11 is 0. The normalized spacial score (nSPS) is 33.3. The summed E-state index contributed by atoms with van der Waals surface area (Å²) in [4.78, 5) is 14.3. The quantitative estimate of drug-likeness (QED) is 0.838. The maximum Gasteiger partial charge on any atom is 0.407 e. The van der Waals surface area contributed by atoms with Gasteiger partial charge in [-0.05, 0) is 72.4 Å². The number of carbonyl (C=O) groups is 1. The van der Waals surface area contributed by atoms with E-state index in [1.807, 2.05) is 20.8 Å². The SMILES string of the molecule is CC1CN(C)CCC1NC1CCC(NC(=O)OC(C)(C)C)CC1. The summed E-state index contributed by atoms with van der Waals surface area (Å²) in [7, 11) is 2.21. The van der Waals surface area contributed by atoms with Crippen LogP contribution in [0.3, 0.4) is 0 Å². The minimum atomic E-state index is -0.423. The molecule has 2 atom stereocenters. The molecule has 1 amide bonds. The lowest BCUT2D eigenvalue weighted by atomic mass is 9.88. The van der Waals surface area contributed by atoms with Gasteiger partial charge in [0.25, 0.3) is 0 Å². The standard InChI is InChI=1S/C18H35N3O2/c1-13-12-21(5)11-10-16(13)19-14-6-8-15(9-7-14)20-17(22)23-18(2,3)4/h13-16,19H,6-12H2,1-5H3,(H,20,22). The van der Waals surface area contributed by atoms with E-state index < -0.39 is 5.60 Å². The predicted molar refractivity (Wildman–Crippen MR) is 93.6 cm³/mol. The Kier molecular flexibility index (Phi) is 6.32. The van der Waals surface area contributed by atoms with Crippen LogP contribution in [0, 0.1) is 5.92 Å². The molecule has 1 heterocycles. The number of rotatable bonds is 3. The van der Waals surface area contributed by atoms with E-state index in [2.05, 4.69) is 29.5 Å². The first-order chi connectivity index (χ1) is 10.7. The molecular weight excluding hydrogens is 290 g/mol. The molecule has 2 fully saturated rings. The molecule has 0 spiro atoms. The minimum absolute atomic E-state index is 0.262. The summed E-state index contributed by atoms with van der Waals surface area (Å²) in [6.07, 6.45) is 5.32. The molecule has 1 aliphatic carbocycles. The molecule has 1 aliphatic heterocycles. The van der Waals surface area contributed by atoms with Gasteiger partial charge < -0.3 is 20.3 Å². The number of ether oxygens (including phenoxy) is 1. The van der Waals surface area contributed by atoms with Crippen molar-refractivity contribution in [3.8, 4) is 0 Å². The number of hydrogen-bond donors (Lipinski definition) is 2. The monoisotopic (exact) mass is 325 g/mol. The van der Waals surface area contributed by atoms with Gasteiger partial charge in [0.2, 0.25) is 0 Å². The second kappa shape index (κ2) is 7.84. The molecule has 2 rings (SSSR count). The van der Waals surface area contributed by atoms with Gasteiger partial charge in [0.05, 0.1) is 0 Å². The van der Waals surface area contributed by atoms with Crippen LogP contribution in [0.1, 0.15) is 59.8 Å². The van der Waals surface area contributed by atoms with Crippen LogP contribution in [-0.4, -0.2) is 54.9 Å². The van der Waals surface area contributed by atoms with Gasteiger partial charge in [-0.25, -0.2) is 4.79 Å². The summed E-state index contributed by atoms with van der Waals surface area (Å²) in [5, 5.41) is 6.89. The molecule has 0 bridgehead atoms. The van der Waals surface area contributed by atoms with Crippen LogP contribution < -0.4 is 10.6 Å². The molecule has 0 aromatic rings.